The second kappa shape index (κ2) is 6.08. The van der Waals surface area contributed by atoms with E-state index in [0.29, 0.717) is 6.54 Å². The van der Waals surface area contributed by atoms with Gasteiger partial charge in [0.2, 0.25) is 11.8 Å². The normalized spacial score (nSPS) is 19.7. The summed E-state index contributed by atoms with van der Waals surface area (Å²) in [5, 5.41) is 5.85. The van der Waals surface area contributed by atoms with Gasteiger partial charge in [0, 0.05) is 23.8 Å². The number of hydrogen-bond donors (Lipinski definition) is 3. The van der Waals surface area contributed by atoms with Crippen LogP contribution in [0.2, 0.25) is 0 Å². The Bertz CT molecular complexity index is 558. The molecule has 0 unspecified atom stereocenters. The molecule has 118 valence electrons. The maximum atomic E-state index is 12.5. The molecule has 0 spiro atoms. The van der Waals surface area contributed by atoms with Crippen molar-refractivity contribution in [2.45, 2.75) is 38.5 Å². The van der Waals surface area contributed by atoms with Gasteiger partial charge in [0.1, 0.15) is 0 Å². The molecular formula is C17H23N3O2. The minimum absolute atomic E-state index is 0.0160. The van der Waals surface area contributed by atoms with Gasteiger partial charge < -0.3 is 16.4 Å². The van der Waals surface area contributed by atoms with Gasteiger partial charge in [-0.1, -0.05) is 12.8 Å². The van der Waals surface area contributed by atoms with E-state index in [1.807, 2.05) is 24.3 Å². The first-order valence-corrected chi connectivity index (χ1v) is 8.05. The van der Waals surface area contributed by atoms with E-state index in [1.54, 1.807) is 0 Å². The average Bonchev–Trinajstić information content (AvgIpc) is 3.27. The second-order valence-electron chi connectivity index (χ2n) is 6.49. The number of nitrogens with one attached hydrogen (secondary N) is 2. The first-order valence-electron chi connectivity index (χ1n) is 8.05. The highest BCUT2D eigenvalue weighted by molar-refractivity contribution is 5.97. The second-order valence-corrected chi connectivity index (χ2v) is 6.49. The number of nitrogens with two attached hydrogens (primary N) is 1. The minimum atomic E-state index is -0.404. The largest absolute Gasteiger partial charge is 0.329 e. The Labute approximate surface area is 130 Å². The number of anilines is 2. The molecule has 1 aromatic rings. The molecular weight excluding hydrogens is 278 g/mol. The van der Waals surface area contributed by atoms with Crippen molar-refractivity contribution in [3.63, 3.8) is 0 Å². The quantitative estimate of drug-likeness (QED) is 0.781. The van der Waals surface area contributed by atoms with Crippen LogP contribution in [0.1, 0.15) is 38.5 Å². The van der Waals surface area contributed by atoms with Gasteiger partial charge in [-0.05, 0) is 49.9 Å². The predicted octanol–water partition coefficient (Wildman–Crippen LogP) is 2.49. The van der Waals surface area contributed by atoms with Gasteiger partial charge in [-0.3, -0.25) is 9.59 Å². The predicted molar refractivity (Wildman–Crippen MR) is 86.4 cm³/mol. The van der Waals surface area contributed by atoms with Crippen LogP contribution in [0.5, 0.6) is 0 Å². The fraction of sp³-hybridized carbons (Fsp3) is 0.529. The van der Waals surface area contributed by atoms with Crippen LogP contribution >= 0.6 is 0 Å². The SMILES string of the molecule is NCC1(C(=O)Nc2ccc(NC(=O)C3CC3)cc2)CCCC1. The Hall–Kier alpha value is -1.88. The third kappa shape index (κ3) is 3.14. The molecule has 5 nitrogen and oxygen atoms in total. The molecule has 0 bridgehead atoms. The smallest absolute Gasteiger partial charge is 0.231 e. The van der Waals surface area contributed by atoms with Crippen LogP contribution in [0, 0.1) is 11.3 Å². The summed E-state index contributed by atoms with van der Waals surface area (Å²) in [5.74, 6) is 0.290. The molecule has 5 heteroatoms. The summed E-state index contributed by atoms with van der Waals surface area (Å²) in [6.45, 7) is 0.397. The van der Waals surface area contributed by atoms with E-state index in [0.717, 1.165) is 49.9 Å². The van der Waals surface area contributed by atoms with Crippen LogP contribution in [0.4, 0.5) is 11.4 Å². The Balaban J connectivity index is 1.60. The lowest BCUT2D eigenvalue weighted by molar-refractivity contribution is -0.124. The average molecular weight is 301 g/mol. The van der Waals surface area contributed by atoms with Crippen molar-refractivity contribution in [2.75, 3.05) is 17.2 Å². The molecule has 0 saturated heterocycles. The van der Waals surface area contributed by atoms with Gasteiger partial charge in [0.25, 0.3) is 0 Å². The van der Waals surface area contributed by atoms with Crippen LogP contribution in [0.15, 0.2) is 24.3 Å². The van der Waals surface area contributed by atoms with Crippen molar-refractivity contribution in [3.05, 3.63) is 24.3 Å². The first kappa shape index (κ1) is 15.0. The third-order valence-electron chi connectivity index (χ3n) is 4.79. The standard InChI is InChI=1S/C17H23N3O2/c18-11-17(9-1-2-10-17)16(22)20-14-7-5-13(6-8-14)19-15(21)12-3-4-12/h5-8,12H,1-4,9-11,18H2,(H,19,21)(H,20,22). The van der Waals surface area contributed by atoms with Crippen LogP contribution in [-0.2, 0) is 9.59 Å². The summed E-state index contributed by atoms with van der Waals surface area (Å²) >= 11 is 0. The summed E-state index contributed by atoms with van der Waals surface area (Å²) < 4.78 is 0. The molecule has 0 aliphatic heterocycles. The zero-order valence-electron chi connectivity index (χ0n) is 12.7. The molecule has 2 saturated carbocycles. The van der Waals surface area contributed by atoms with Crippen LogP contribution in [0.3, 0.4) is 0 Å². The summed E-state index contributed by atoms with van der Waals surface area (Å²) in [6.07, 6.45) is 5.84. The zero-order chi connectivity index (χ0) is 15.6. The number of amides is 2. The lowest BCUT2D eigenvalue weighted by atomic mass is 9.85. The topological polar surface area (TPSA) is 84.2 Å². The Morgan fingerprint density at radius 1 is 1.05 bits per heavy atom. The lowest BCUT2D eigenvalue weighted by Crippen LogP contribution is -2.40. The van der Waals surface area contributed by atoms with Crippen molar-refractivity contribution in [3.8, 4) is 0 Å². The zero-order valence-corrected chi connectivity index (χ0v) is 12.7. The Morgan fingerprint density at radius 2 is 1.59 bits per heavy atom. The number of carbonyl (C=O) groups is 2. The van der Waals surface area contributed by atoms with E-state index in [2.05, 4.69) is 10.6 Å². The van der Waals surface area contributed by atoms with E-state index in [-0.39, 0.29) is 17.7 Å². The highest BCUT2D eigenvalue weighted by Gasteiger charge is 2.39. The molecule has 2 aliphatic carbocycles. The monoisotopic (exact) mass is 301 g/mol. The van der Waals surface area contributed by atoms with Crippen molar-refractivity contribution < 1.29 is 9.59 Å². The van der Waals surface area contributed by atoms with E-state index < -0.39 is 5.41 Å². The lowest BCUT2D eigenvalue weighted by Gasteiger charge is -2.25. The van der Waals surface area contributed by atoms with Gasteiger partial charge in [-0.2, -0.15) is 0 Å². The van der Waals surface area contributed by atoms with E-state index >= 15 is 0 Å². The molecule has 2 amide bonds. The molecule has 4 N–H and O–H groups in total. The number of rotatable bonds is 5. The van der Waals surface area contributed by atoms with Gasteiger partial charge in [0.15, 0.2) is 0 Å². The minimum Gasteiger partial charge on any atom is -0.329 e. The summed E-state index contributed by atoms with van der Waals surface area (Å²) in [4.78, 5) is 24.2. The molecule has 3 rings (SSSR count). The van der Waals surface area contributed by atoms with E-state index in [9.17, 15) is 9.59 Å². The summed E-state index contributed by atoms with van der Waals surface area (Å²) in [5.41, 5.74) is 6.94. The molecule has 1 aromatic carbocycles. The van der Waals surface area contributed by atoms with Crippen LogP contribution in [-0.4, -0.2) is 18.4 Å². The molecule has 2 fully saturated rings. The molecule has 0 atom stereocenters. The van der Waals surface area contributed by atoms with Gasteiger partial charge in [-0.15, -0.1) is 0 Å². The summed E-state index contributed by atoms with van der Waals surface area (Å²) in [7, 11) is 0. The molecule has 0 aromatic heterocycles. The van der Waals surface area contributed by atoms with Crippen LogP contribution in [0.25, 0.3) is 0 Å². The Kier molecular flexibility index (Phi) is 4.16. The van der Waals surface area contributed by atoms with Crippen molar-refractivity contribution >= 4 is 23.2 Å². The number of hydrogen-bond acceptors (Lipinski definition) is 3. The highest BCUT2D eigenvalue weighted by atomic mass is 16.2. The number of carbonyl (C=O) groups excluding carboxylic acids is 2. The van der Waals surface area contributed by atoms with Gasteiger partial charge >= 0.3 is 0 Å². The van der Waals surface area contributed by atoms with Crippen molar-refractivity contribution in [1.29, 1.82) is 0 Å². The first-order chi connectivity index (χ1) is 10.6. The van der Waals surface area contributed by atoms with Gasteiger partial charge in [0.05, 0.1) is 5.41 Å². The third-order valence-corrected chi connectivity index (χ3v) is 4.79. The Morgan fingerprint density at radius 3 is 2.09 bits per heavy atom. The van der Waals surface area contributed by atoms with Crippen molar-refractivity contribution in [1.82, 2.24) is 0 Å². The molecule has 0 radical (unpaired) electrons. The molecule has 2 aliphatic rings. The van der Waals surface area contributed by atoms with E-state index in [1.165, 1.54) is 0 Å². The fourth-order valence-corrected chi connectivity index (χ4v) is 3.07. The van der Waals surface area contributed by atoms with Gasteiger partial charge in [-0.25, -0.2) is 0 Å². The number of benzene rings is 1. The van der Waals surface area contributed by atoms with Crippen molar-refractivity contribution in [2.24, 2.45) is 17.1 Å². The highest BCUT2D eigenvalue weighted by Crippen LogP contribution is 2.38. The molecule has 0 heterocycles. The fourth-order valence-electron chi connectivity index (χ4n) is 3.07. The van der Waals surface area contributed by atoms with Crippen LogP contribution < -0.4 is 16.4 Å². The summed E-state index contributed by atoms with van der Waals surface area (Å²) in [6, 6.07) is 7.28. The maximum absolute atomic E-state index is 12.5. The molecule has 22 heavy (non-hydrogen) atoms. The van der Waals surface area contributed by atoms with E-state index in [4.69, 9.17) is 5.73 Å². The maximum Gasteiger partial charge on any atom is 0.231 e.